The van der Waals surface area contributed by atoms with Crippen LogP contribution in [-0.4, -0.2) is 54.2 Å². The number of hydrogen-bond acceptors (Lipinski definition) is 6. The molecule has 2 atom stereocenters. The Morgan fingerprint density at radius 2 is 2.05 bits per heavy atom. The van der Waals surface area contributed by atoms with E-state index in [0.717, 1.165) is 12.2 Å². The number of aliphatic hydroxyl groups is 1. The molecule has 1 aromatic carbocycles. The van der Waals surface area contributed by atoms with Crippen molar-refractivity contribution in [2.75, 3.05) is 29.9 Å². The number of aliphatic hydroxyl groups excluding tert-OH is 1. The van der Waals surface area contributed by atoms with E-state index in [1.165, 1.54) is 0 Å². The molecule has 0 aliphatic carbocycles. The number of carbonyl (C=O) groups excluding carboxylic acids is 1. The zero-order valence-electron chi connectivity index (χ0n) is 12.6. The summed E-state index contributed by atoms with van der Waals surface area (Å²) in [5.74, 6) is -1.02. The molecule has 1 unspecified atom stereocenters. The molecule has 0 bridgehead atoms. The highest BCUT2D eigenvalue weighted by Crippen LogP contribution is 2.19. The van der Waals surface area contributed by atoms with Gasteiger partial charge < -0.3 is 31.0 Å². The van der Waals surface area contributed by atoms with Gasteiger partial charge in [0.05, 0.1) is 25.1 Å². The first-order valence-corrected chi connectivity index (χ1v) is 7.16. The quantitative estimate of drug-likeness (QED) is 0.459. The molecule has 0 aliphatic heterocycles. The van der Waals surface area contributed by atoms with Crippen LogP contribution in [0.15, 0.2) is 24.3 Å². The highest BCUT2D eigenvalue weighted by Gasteiger charge is 2.20. The van der Waals surface area contributed by atoms with Crippen LogP contribution in [0.25, 0.3) is 0 Å². The van der Waals surface area contributed by atoms with Gasteiger partial charge in [0.15, 0.2) is 0 Å². The predicted molar refractivity (Wildman–Crippen MR) is 85.1 cm³/mol. The minimum atomic E-state index is -1.02. The second kappa shape index (κ2) is 9.01. The van der Waals surface area contributed by atoms with Crippen LogP contribution in [0, 0.1) is 0 Å². The van der Waals surface area contributed by atoms with Gasteiger partial charge in [0.2, 0.25) is 0 Å². The Balaban J connectivity index is 2.79. The van der Waals surface area contributed by atoms with E-state index in [0.29, 0.717) is 18.5 Å². The van der Waals surface area contributed by atoms with Crippen molar-refractivity contribution in [2.24, 2.45) is 5.73 Å². The van der Waals surface area contributed by atoms with Crippen LogP contribution in [0.5, 0.6) is 0 Å². The fourth-order valence-corrected chi connectivity index (χ4v) is 2.14. The van der Waals surface area contributed by atoms with Crippen molar-refractivity contribution in [1.29, 1.82) is 0 Å². The van der Waals surface area contributed by atoms with E-state index in [1.807, 2.05) is 24.0 Å². The first-order chi connectivity index (χ1) is 10.5. The number of nitrogens with one attached hydrogen (secondary N) is 1. The van der Waals surface area contributed by atoms with Gasteiger partial charge in [0.1, 0.15) is 6.29 Å². The van der Waals surface area contributed by atoms with Crippen LogP contribution in [0.3, 0.4) is 0 Å². The number of benzene rings is 1. The number of likely N-dealkylation sites (N-methyl/N-ethyl adjacent to an activating group) is 1. The van der Waals surface area contributed by atoms with Crippen LogP contribution in [0.4, 0.5) is 11.4 Å². The largest absolute Gasteiger partial charge is 0.481 e. The van der Waals surface area contributed by atoms with Gasteiger partial charge in [0.25, 0.3) is 0 Å². The molecule has 0 saturated heterocycles. The maximum atomic E-state index is 10.8. The van der Waals surface area contributed by atoms with Crippen LogP contribution in [0.1, 0.15) is 13.3 Å². The second-order valence-electron chi connectivity index (χ2n) is 4.91. The highest BCUT2D eigenvalue weighted by atomic mass is 16.4. The number of aliphatic carboxylic acids is 1. The Labute approximate surface area is 129 Å². The van der Waals surface area contributed by atoms with Gasteiger partial charge in [-0.3, -0.25) is 4.79 Å². The summed E-state index contributed by atoms with van der Waals surface area (Å²) in [4.78, 5) is 23.6. The highest BCUT2D eigenvalue weighted by molar-refractivity contribution is 5.71. The lowest BCUT2D eigenvalue weighted by Crippen LogP contribution is -2.42. The summed E-state index contributed by atoms with van der Waals surface area (Å²) in [7, 11) is 0. The third-order valence-electron chi connectivity index (χ3n) is 3.35. The molecule has 0 aliphatic rings. The molecule has 7 nitrogen and oxygen atoms in total. The second-order valence-corrected chi connectivity index (χ2v) is 4.91. The monoisotopic (exact) mass is 309 g/mol. The van der Waals surface area contributed by atoms with Crippen LogP contribution < -0.4 is 16.0 Å². The van der Waals surface area contributed by atoms with E-state index in [4.69, 9.17) is 15.9 Å². The van der Waals surface area contributed by atoms with Gasteiger partial charge in [-0.25, -0.2) is 0 Å². The fourth-order valence-electron chi connectivity index (χ4n) is 2.14. The summed E-state index contributed by atoms with van der Waals surface area (Å²) in [6.45, 7) is 3.38. The van der Waals surface area contributed by atoms with Crippen molar-refractivity contribution in [2.45, 2.75) is 25.4 Å². The van der Waals surface area contributed by atoms with Gasteiger partial charge in [-0.1, -0.05) is 0 Å². The number of aldehydes is 1. The van der Waals surface area contributed by atoms with Gasteiger partial charge in [-0.05, 0) is 31.2 Å². The molecular formula is C15H23N3O4. The molecule has 0 saturated carbocycles. The molecule has 5 N–H and O–H groups in total. The predicted octanol–water partition coefficient (Wildman–Crippen LogP) is 0.287. The molecule has 0 amide bonds. The number of nitrogens with two attached hydrogens (primary N) is 1. The molecule has 122 valence electrons. The zero-order chi connectivity index (χ0) is 16.5. The van der Waals surface area contributed by atoms with Crippen LogP contribution in [-0.2, 0) is 9.59 Å². The van der Waals surface area contributed by atoms with Crippen LogP contribution in [0.2, 0.25) is 0 Å². The third-order valence-corrected chi connectivity index (χ3v) is 3.35. The fraction of sp³-hybridized carbons (Fsp3) is 0.467. The first kappa shape index (κ1) is 17.9. The Bertz CT molecular complexity index is 478. The van der Waals surface area contributed by atoms with Crippen molar-refractivity contribution in [3.63, 3.8) is 0 Å². The number of rotatable bonds is 10. The van der Waals surface area contributed by atoms with E-state index >= 15 is 0 Å². The lowest BCUT2D eigenvalue weighted by atomic mass is 10.1. The van der Waals surface area contributed by atoms with Gasteiger partial charge in [-0.15, -0.1) is 0 Å². The van der Waals surface area contributed by atoms with Gasteiger partial charge in [0, 0.05) is 24.5 Å². The third kappa shape index (κ3) is 5.34. The summed E-state index contributed by atoms with van der Waals surface area (Å²) >= 11 is 0. The van der Waals surface area contributed by atoms with Crippen molar-refractivity contribution in [1.82, 2.24) is 0 Å². The van der Waals surface area contributed by atoms with Gasteiger partial charge >= 0.3 is 5.97 Å². The Kier molecular flexibility index (Phi) is 7.34. The maximum absolute atomic E-state index is 10.8. The Hall–Kier alpha value is -2.12. The Morgan fingerprint density at radius 3 is 2.50 bits per heavy atom. The summed E-state index contributed by atoms with van der Waals surface area (Å²) in [5.41, 5.74) is 7.27. The number of carboxylic acids is 1. The lowest BCUT2D eigenvalue weighted by molar-refractivity contribution is -0.137. The number of carbonyl (C=O) groups is 2. The number of nitrogens with zero attached hydrogens (tertiary/aromatic N) is 1. The average molecular weight is 309 g/mol. The molecular weight excluding hydrogens is 286 g/mol. The summed E-state index contributed by atoms with van der Waals surface area (Å²) in [5, 5.41) is 20.9. The van der Waals surface area contributed by atoms with Gasteiger partial charge in [-0.2, -0.15) is 0 Å². The normalized spacial score (nSPS) is 13.2. The molecule has 7 heteroatoms. The first-order valence-electron chi connectivity index (χ1n) is 7.16. The van der Waals surface area contributed by atoms with Crippen molar-refractivity contribution in [3.8, 4) is 0 Å². The van der Waals surface area contributed by atoms with E-state index in [2.05, 4.69) is 5.32 Å². The molecule has 1 rings (SSSR count). The average Bonchev–Trinajstić information content (AvgIpc) is 2.51. The van der Waals surface area contributed by atoms with E-state index in [1.54, 1.807) is 12.1 Å². The minimum Gasteiger partial charge on any atom is -0.481 e. The minimum absolute atomic E-state index is 0.0721. The number of anilines is 2. The summed E-state index contributed by atoms with van der Waals surface area (Å²) < 4.78 is 0. The SMILES string of the molecule is CCN(CCO)c1ccc(NC(CC(=O)O)[C@H](N)C=O)cc1. The topological polar surface area (TPSA) is 116 Å². The molecule has 22 heavy (non-hydrogen) atoms. The van der Waals surface area contributed by atoms with E-state index in [9.17, 15) is 9.59 Å². The number of carboxylic acid groups (broad SMARTS) is 1. The van der Waals surface area contributed by atoms with Crippen molar-refractivity contribution < 1.29 is 19.8 Å². The molecule has 0 spiro atoms. The molecule has 0 radical (unpaired) electrons. The smallest absolute Gasteiger partial charge is 0.305 e. The Morgan fingerprint density at radius 1 is 1.41 bits per heavy atom. The standard InChI is InChI=1S/C15H23N3O4/c1-2-18(7-8-19)12-5-3-11(4-6-12)17-14(9-15(21)22)13(16)10-20/h3-6,10,13-14,17,19H,2,7-9,16H2,1H3,(H,21,22)/t13-,14?/m1/s1. The van der Waals surface area contributed by atoms with E-state index < -0.39 is 18.1 Å². The zero-order valence-corrected chi connectivity index (χ0v) is 12.6. The summed E-state index contributed by atoms with van der Waals surface area (Å²) in [6.07, 6.45) is 0.294. The maximum Gasteiger partial charge on any atom is 0.305 e. The molecule has 1 aromatic rings. The number of hydrogen-bond donors (Lipinski definition) is 4. The summed E-state index contributed by atoms with van der Waals surface area (Å²) in [6, 6.07) is 5.76. The lowest BCUT2D eigenvalue weighted by Gasteiger charge is -2.24. The van der Waals surface area contributed by atoms with Crippen molar-refractivity contribution >= 4 is 23.6 Å². The van der Waals surface area contributed by atoms with Crippen molar-refractivity contribution in [3.05, 3.63) is 24.3 Å². The van der Waals surface area contributed by atoms with E-state index in [-0.39, 0.29) is 13.0 Å². The molecule has 0 fully saturated rings. The molecule has 0 heterocycles. The van der Waals surface area contributed by atoms with Crippen LogP contribution >= 0.6 is 0 Å². The molecule has 0 aromatic heterocycles.